The largest absolute Gasteiger partial charge is 2.00 e. The van der Waals surface area contributed by atoms with Gasteiger partial charge in [0.1, 0.15) is 0 Å². The molecule has 2 aliphatic heterocycles. The summed E-state index contributed by atoms with van der Waals surface area (Å²) in [6.07, 6.45) is 0. The normalized spacial score (nSPS) is 12.0. The van der Waals surface area contributed by atoms with Gasteiger partial charge in [-0.15, -0.1) is 0 Å². The van der Waals surface area contributed by atoms with E-state index in [0.29, 0.717) is 34.4 Å². The molecule has 0 aliphatic carbocycles. The van der Waals surface area contributed by atoms with Crippen LogP contribution in [0.25, 0.3) is 144 Å². The quantitative estimate of drug-likeness (QED) is 0.162. The Morgan fingerprint density at radius 1 is 0.344 bits per heavy atom. The van der Waals surface area contributed by atoms with Crippen molar-refractivity contribution in [3.05, 3.63) is 175 Å². The van der Waals surface area contributed by atoms with Gasteiger partial charge in [-0.1, -0.05) is 127 Å². The Morgan fingerprint density at radius 3 is 1.22 bits per heavy atom. The van der Waals surface area contributed by atoms with Crippen LogP contribution in [-0.4, -0.2) is 24.9 Å². The first-order valence-corrected chi connectivity index (χ1v) is 21.1. The third-order valence-electron chi connectivity index (χ3n) is 12.8. The predicted octanol–water partition coefficient (Wildman–Crippen LogP) is 13.3. The van der Waals surface area contributed by atoms with E-state index in [9.17, 15) is 0 Å². The van der Waals surface area contributed by atoms with Crippen LogP contribution in [-0.2, 0) is 21.1 Å². The van der Waals surface area contributed by atoms with E-state index < -0.39 is 0 Å². The van der Waals surface area contributed by atoms with Gasteiger partial charge in [0.15, 0.2) is 0 Å². The summed E-state index contributed by atoms with van der Waals surface area (Å²) < 4.78 is 0. The van der Waals surface area contributed by atoms with Gasteiger partial charge in [-0.2, -0.15) is 0 Å². The minimum atomic E-state index is 0. The van der Waals surface area contributed by atoms with Crippen LogP contribution in [0.1, 0.15) is 5.56 Å². The Morgan fingerprint density at radius 2 is 0.734 bits per heavy atom. The molecule has 300 valence electrons. The Kier molecular flexibility index (Phi) is 7.94. The van der Waals surface area contributed by atoms with Crippen molar-refractivity contribution in [3.8, 4) is 56.5 Å². The van der Waals surface area contributed by atoms with Gasteiger partial charge in [-0.3, -0.25) is 0 Å². The number of nitrogens with zero attached hydrogens (tertiary/aromatic N) is 7. The van der Waals surface area contributed by atoms with Crippen molar-refractivity contribution in [1.82, 2.24) is 34.9 Å². The van der Waals surface area contributed by atoms with E-state index in [1.54, 1.807) is 0 Å². The number of fused-ring (bicyclic) bond motifs is 24. The first-order chi connectivity index (χ1) is 31.1. The number of benzene rings is 9. The Labute approximate surface area is 379 Å². The van der Waals surface area contributed by atoms with Gasteiger partial charge >= 0.3 is 21.1 Å². The summed E-state index contributed by atoms with van der Waals surface area (Å²) in [5.41, 5.74) is 10.00. The molecule has 8 heteroatoms. The smallest absolute Gasteiger partial charge is 0.435 e. The number of hydrogen-bond donors (Lipinski definition) is 0. The average Bonchev–Trinajstić information content (AvgIpc) is 4.04. The molecule has 0 unspecified atom stereocenters. The van der Waals surface area contributed by atoms with E-state index in [-0.39, 0.29) is 21.1 Å². The number of hydrogen-bond acceptors (Lipinski definition) is 5. The van der Waals surface area contributed by atoms with Crippen LogP contribution < -0.4 is 9.97 Å². The summed E-state index contributed by atoms with van der Waals surface area (Å²) in [6.45, 7) is 2.13. The molecule has 0 N–H and O–H groups in total. The molecule has 0 atom stereocenters. The molecule has 5 heterocycles. The van der Waals surface area contributed by atoms with E-state index in [2.05, 4.69) is 177 Å². The number of aromatic nitrogens is 7. The van der Waals surface area contributed by atoms with Crippen molar-refractivity contribution < 1.29 is 21.1 Å². The van der Waals surface area contributed by atoms with E-state index in [1.165, 1.54) is 0 Å². The van der Waals surface area contributed by atoms with Crippen LogP contribution in [0.15, 0.2) is 170 Å². The van der Waals surface area contributed by atoms with Crippen molar-refractivity contribution in [2.45, 2.75) is 6.92 Å². The van der Waals surface area contributed by atoms with Gasteiger partial charge in [-0.05, 0) is 137 Å². The standard InChI is InChI=1S/C56H31N7.Pt/c1-30-11-10-20-39(21-30)48-49-40-22-31-12-2-4-14-33(31)24-42(40)51(57-49)59-53-44-26-35-16-6-8-18-37(35)28-46(44)55(61-53)63-56-47-29-38-19-9-7-17-36(38)27-45(47)54(62-56)60-52-43-25-34-15-5-3-13-32(34)23-41(43)50(48)58-52;/h2-29H,1H3;/q-2;+2. The second kappa shape index (κ2) is 13.8. The van der Waals surface area contributed by atoms with Gasteiger partial charge in [0, 0.05) is 39.1 Å². The molecular formula is C56H31N7Pt. The van der Waals surface area contributed by atoms with E-state index in [4.69, 9.17) is 34.9 Å². The fraction of sp³-hybridized carbons (Fsp3) is 0.0179. The molecule has 2 aliphatic rings. The van der Waals surface area contributed by atoms with Crippen LogP contribution in [0, 0.1) is 6.92 Å². The third kappa shape index (κ3) is 5.54. The molecule has 0 saturated carbocycles. The van der Waals surface area contributed by atoms with Crippen molar-refractivity contribution in [2.24, 2.45) is 0 Å². The molecule has 12 aromatic rings. The summed E-state index contributed by atoms with van der Waals surface area (Å²) >= 11 is 0. The first kappa shape index (κ1) is 36.8. The Bertz CT molecular complexity index is 4190. The zero-order chi connectivity index (χ0) is 41.3. The zero-order valence-corrected chi connectivity index (χ0v) is 36.4. The first-order valence-electron chi connectivity index (χ1n) is 21.1. The van der Waals surface area contributed by atoms with E-state index >= 15 is 0 Å². The molecule has 7 nitrogen and oxygen atoms in total. The maximum Gasteiger partial charge on any atom is 2.00 e. The summed E-state index contributed by atoms with van der Waals surface area (Å²) in [5.74, 6) is 1.67. The van der Waals surface area contributed by atoms with Crippen molar-refractivity contribution >= 4 is 87.1 Å². The minimum absolute atomic E-state index is 0. The van der Waals surface area contributed by atoms with Crippen LogP contribution in [0.2, 0.25) is 0 Å². The fourth-order valence-electron chi connectivity index (χ4n) is 9.74. The van der Waals surface area contributed by atoms with Crippen molar-refractivity contribution in [3.63, 3.8) is 0 Å². The molecule has 0 spiro atoms. The molecule has 0 saturated heterocycles. The van der Waals surface area contributed by atoms with Gasteiger partial charge < -0.3 is 24.9 Å². The number of rotatable bonds is 1. The molecule has 0 fully saturated rings. The minimum Gasteiger partial charge on any atom is -0.435 e. The monoisotopic (exact) mass is 996 g/mol. The van der Waals surface area contributed by atoms with E-state index in [1.807, 2.05) is 0 Å². The topological polar surface area (TPSA) is 92.7 Å². The van der Waals surface area contributed by atoms with Gasteiger partial charge in [-0.25, -0.2) is 9.97 Å². The Balaban J connectivity index is 0.00000413. The van der Waals surface area contributed by atoms with Crippen LogP contribution >= 0.6 is 0 Å². The molecule has 14 rings (SSSR count). The molecule has 0 amide bonds. The van der Waals surface area contributed by atoms with Gasteiger partial charge in [0.05, 0.1) is 23.2 Å². The van der Waals surface area contributed by atoms with Crippen LogP contribution in [0.5, 0.6) is 0 Å². The van der Waals surface area contributed by atoms with Crippen molar-refractivity contribution in [1.29, 1.82) is 0 Å². The molecular weight excluding hydrogens is 966 g/mol. The summed E-state index contributed by atoms with van der Waals surface area (Å²) in [4.78, 5) is 37.8. The maximum absolute atomic E-state index is 5.57. The average molecular weight is 997 g/mol. The second-order valence-corrected chi connectivity index (χ2v) is 16.6. The summed E-state index contributed by atoms with van der Waals surface area (Å²) in [5, 5.41) is 12.5. The van der Waals surface area contributed by atoms with Crippen LogP contribution in [0.3, 0.4) is 0 Å². The van der Waals surface area contributed by atoms with Crippen LogP contribution in [0.4, 0.5) is 0 Å². The predicted molar refractivity (Wildman–Crippen MR) is 256 cm³/mol. The third-order valence-corrected chi connectivity index (χ3v) is 12.8. The molecule has 0 radical (unpaired) electrons. The van der Waals surface area contributed by atoms with E-state index in [0.717, 1.165) is 115 Å². The maximum atomic E-state index is 5.57. The van der Waals surface area contributed by atoms with Gasteiger partial charge in [0.25, 0.3) is 0 Å². The Hall–Kier alpha value is -7.86. The zero-order valence-electron chi connectivity index (χ0n) is 34.1. The molecule has 64 heavy (non-hydrogen) atoms. The fourth-order valence-corrected chi connectivity index (χ4v) is 9.74. The molecule has 8 bridgehead atoms. The molecule has 9 aromatic carbocycles. The SMILES string of the molecule is Cc1cccc(-c2c3nc(nc4[n-]c(nc5nc(nc6[n-]c2c2cc7ccccc7cc62)-c2cc6ccccc6cc2-5)c2cc5ccccc5cc42)-c2cc4ccccc4cc2-3)c1.[Pt+2]. The summed E-state index contributed by atoms with van der Waals surface area (Å²) in [6, 6.07) is 59.9. The molecule has 3 aromatic heterocycles. The van der Waals surface area contributed by atoms with Gasteiger partial charge in [0.2, 0.25) is 0 Å². The van der Waals surface area contributed by atoms with Crippen molar-refractivity contribution in [2.75, 3.05) is 0 Å². The summed E-state index contributed by atoms with van der Waals surface area (Å²) in [7, 11) is 0. The second-order valence-electron chi connectivity index (χ2n) is 16.6. The number of aryl methyl sites for hydroxylation is 1.